The molecule has 1 heterocycles. The van der Waals surface area contributed by atoms with Crippen LogP contribution >= 0.6 is 0 Å². The van der Waals surface area contributed by atoms with E-state index in [0.29, 0.717) is 13.2 Å². The number of benzene rings is 2. The molecule has 0 radical (unpaired) electrons. The fourth-order valence-corrected chi connectivity index (χ4v) is 3.32. The zero-order chi connectivity index (χ0) is 19.9. The third-order valence-electron chi connectivity index (χ3n) is 4.77. The molecule has 1 aromatic heterocycles. The fourth-order valence-electron chi connectivity index (χ4n) is 3.32. The quantitative estimate of drug-likeness (QED) is 0.446. The zero-order valence-corrected chi connectivity index (χ0v) is 16.6. The van der Waals surface area contributed by atoms with Gasteiger partial charge < -0.3 is 14.6 Å². The van der Waals surface area contributed by atoms with Crippen molar-refractivity contribution < 1.29 is 9.53 Å². The lowest BCUT2D eigenvalue weighted by atomic mass is 10.1. The lowest BCUT2D eigenvalue weighted by molar-refractivity contribution is -0.116. The molecule has 2 aromatic carbocycles. The van der Waals surface area contributed by atoms with E-state index in [1.165, 1.54) is 17.2 Å². The number of unbranched alkanes of at least 4 members (excludes halogenated alkanes) is 1. The highest BCUT2D eigenvalue weighted by Gasteiger charge is 2.11. The third-order valence-corrected chi connectivity index (χ3v) is 4.77. The molecule has 1 N–H and O–H groups in total. The molecule has 3 rings (SSSR count). The highest BCUT2D eigenvalue weighted by molar-refractivity contribution is 5.86. The van der Waals surface area contributed by atoms with Crippen LogP contribution < -0.4 is 10.1 Å². The number of aromatic nitrogens is 2. The van der Waals surface area contributed by atoms with Gasteiger partial charge in [-0.15, -0.1) is 0 Å². The molecule has 0 spiro atoms. The second-order valence-corrected chi connectivity index (χ2v) is 6.87. The SMILES string of the molecule is C=CC(=O)NCc1nc2ccccc2n1CCCCOc1c(C)cccc1C. The Morgan fingerprint density at radius 2 is 1.89 bits per heavy atom. The first kappa shape index (κ1) is 19.7. The molecule has 28 heavy (non-hydrogen) atoms. The van der Waals surface area contributed by atoms with Crippen LogP contribution in [-0.4, -0.2) is 22.1 Å². The summed E-state index contributed by atoms with van der Waals surface area (Å²) >= 11 is 0. The largest absolute Gasteiger partial charge is 0.493 e. The summed E-state index contributed by atoms with van der Waals surface area (Å²) in [5.74, 6) is 1.65. The van der Waals surface area contributed by atoms with Crippen molar-refractivity contribution in [3.8, 4) is 5.75 Å². The van der Waals surface area contributed by atoms with E-state index in [1.807, 2.05) is 24.3 Å². The molecule has 0 bridgehead atoms. The number of carbonyl (C=O) groups excluding carboxylic acids is 1. The summed E-state index contributed by atoms with van der Waals surface area (Å²) in [6.45, 7) is 9.54. The average Bonchev–Trinajstić information content (AvgIpc) is 3.05. The number of para-hydroxylation sites is 3. The second kappa shape index (κ2) is 9.22. The van der Waals surface area contributed by atoms with Crippen molar-refractivity contribution in [2.24, 2.45) is 0 Å². The number of fused-ring (bicyclic) bond motifs is 1. The molecule has 3 aromatic rings. The van der Waals surface area contributed by atoms with Crippen LogP contribution in [0.25, 0.3) is 11.0 Å². The van der Waals surface area contributed by atoms with Crippen LogP contribution in [0.1, 0.15) is 29.8 Å². The summed E-state index contributed by atoms with van der Waals surface area (Å²) in [6, 6.07) is 14.2. The fraction of sp³-hybridized carbons (Fsp3) is 0.304. The minimum atomic E-state index is -0.194. The minimum Gasteiger partial charge on any atom is -0.493 e. The molecule has 146 valence electrons. The maximum atomic E-state index is 11.5. The number of amides is 1. The second-order valence-electron chi connectivity index (χ2n) is 6.87. The van der Waals surface area contributed by atoms with Crippen molar-refractivity contribution in [2.45, 2.75) is 39.8 Å². The molecule has 5 heteroatoms. The maximum Gasteiger partial charge on any atom is 0.243 e. The topological polar surface area (TPSA) is 56.2 Å². The zero-order valence-electron chi connectivity index (χ0n) is 16.6. The normalized spacial score (nSPS) is 10.8. The average molecular weight is 377 g/mol. The van der Waals surface area contributed by atoms with Gasteiger partial charge in [-0.2, -0.15) is 0 Å². The van der Waals surface area contributed by atoms with Gasteiger partial charge >= 0.3 is 0 Å². The van der Waals surface area contributed by atoms with Crippen LogP contribution in [0.3, 0.4) is 0 Å². The van der Waals surface area contributed by atoms with Gasteiger partial charge in [0.15, 0.2) is 0 Å². The van der Waals surface area contributed by atoms with Crippen LogP contribution in [0.5, 0.6) is 5.75 Å². The minimum absolute atomic E-state index is 0.194. The number of ether oxygens (including phenoxy) is 1. The number of imidazole rings is 1. The molecule has 0 saturated heterocycles. The van der Waals surface area contributed by atoms with Crippen molar-refractivity contribution in [3.05, 3.63) is 72.1 Å². The summed E-state index contributed by atoms with van der Waals surface area (Å²) < 4.78 is 8.18. The summed E-state index contributed by atoms with van der Waals surface area (Å²) in [6.07, 6.45) is 3.18. The summed E-state index contributed by atoms with van der Waals surface area (Å²) in [5, 5.41) is 2.82. The van der Waals surface area contributed by atoms with E-state index in [-0.39, 0.29) is 5.91 Å². The lowest BCUT2D eigenvalue weighted by Crippen LogP contribution is -2.22. The Kier molecular flexibility index (Phi) is 6.48. The molecule has 0 unspecified atom stereocenters. The summed E-state index contributed by atoms with van der Waals surface area (Å²) in [4.78, 5) is 16.2. The molecule has 0 aliphatic carbocycles. The number of nitrogens with zero attached hydrogens (tertiary/aromatic N) is 2. The number of hydrogen-bond acceptors (Lipinski definition) is 3. The molecule has 0 atom stereocenters. The van der Waals surface area contributed by atoms with Crippen LogP contribution in [0.4, 0.5) is 0 Å². The van der Waals surface area contributed by atoms with Crippen LogP contribution in [0.2, 0.25) is 0 Å². The first-order chi connectivity index (χ1) is 13.6. The van der Waals surface area contributed by atoms with Gasteiger partial charge in [-0.25, -0.2) is 4.98 Å². The molecule has 0 fully saturated rings. The van der Waals surface area contributed by atoms with Crippen molar-refractivity contribution in [3.63, 3.8) is 0 Å². The number of carbonyl (C=O) groups is 1. The van der Waals surface area contributed by atoms with E-state index in [2.05, 4.69) is 53.5 Å². The lowest BCUT2D eigenvalue weighted by Gasteiger charge is -2.13. The van der Waals surface area contributed by atoms with E-state index in [4.69, 9.17) is 4.74 Å². The standard InChI is InChI=1S/C23H27N3O2/c1-4-22(27)24-16-21-25-19-12-5-6-13-20(19)26(21)14-7-8-15-28-23-17(2)10-9-11-18(23)3/h4-6,9-13H,1,7-8,14-16H2,2-3H3,(H,24,27). The molecule has 0 aliphatic heterocycles. The number of hydrogen-bond donors (Lipinski definition) is 1. The highest BCUT2D eigenvalue weighted by atomic mass is 16.5. The van der Waals surface area contributed by atoms with E-state index >= 15 is 0 Å². The van der Waals surface area contributed by atoms with Crippen molar-refractivity contribution in [1.29, 1.82) is 0 Å². The van der Waals surface area contributed by atoms with Crippen molar-refractivity contribution in [2.75, 3.05) is 6.61 Å². The first-order valence-electron chi connectivity index (χ1n) is 9.63. The van der Waals surface area contributed by atoms with E-state index < -0.39 is 0 Å². The molecular formula is C23H27N3O2. The van der Waals surface area contributed by atoms with Gasteiger partial charge in [-0.05, 0) is 56.0 Å². The van der Waals surface area contributed by atoms with Crippen LogP contribution in [0.15, 0.2) is 55.1 Å². The van der Waals surface area contributed by atoms with Crippen molar-refractivity contribution >= 4 is 16.9 Å². The molecule has 5 nitrogen and oxygen atoms in total. The Labute approximate surface area is 166 Å². The van der Waals surface area contributed by atoms with Gasteiger partial charge in [0.25, 0.3) is 0 Å². The molecular weight excluding hydrogens is 350 g/mol. The van der Waals surface area contributed by atoms with Crippen LogP contribution in [-0.2, 0) is 17.9 Å². The van der Waals surface area contributed by atoms with Crippen molar-refractivity contribution in [1.82, 2.24) is 14.9 Å². The Morgan fingerprint density at radius 3 is 2.64 bits per heavy atom. The smallest absolute Gasteiger partial charge is 0.243 e. The Morgan fingerprint density at radius 1 is 1.14 bits per heavy atom. The number of aryl methyl sites for hydroxylation is 3. The van der Waals surface area contributed by atoms with Gasteiger partial charge in [0, 0.05) is 6.54 Å². The Bertz CT molecular complexity index is 955. The monoisotopic (exact) mass is 377 g/mol. The van der Waals surface area contributed by atoms with Gasteiger partial charge in [0.1, 0.15) is 11.6 Å². The van der Waals surface area contributed by atoms with Crippen LogP contribution in [0, 0.1) is 13.8 Å². The third kappa shape index (κ3) is 4.60. The number of rotatable bonds is 9. The highest BCUT2D eigenvalue weighted by Crippen LogP contribution is 2.23. The molecule has 0 aliphatic rings. The summed E-state index contributed by atoms with van der Waals surface area (Å²) in [5.41, 5.74) is 4.36. The predicted octanol–water partition coefficient (Wildman–Crippen LogP) is 4.31. The van der Waals surface area contributed by atoms with Gasteiger partial charge in [0.05, 0.1) is 24.2 Å². The van der Waals surface area contributed by atoms with Gasteiger partial charge in [-0.3, -0.25) is 4.79 Å². The Balaban J connectivity index is 1.61. The molecule has 1 amide bonds. The van der Waals surface area contributed by atoms with E-state index in [0.717, 1.165) is 42.0 Å². The van der Waals surface area contributed by atoms with E-state index in [9.17, 15) is 4.79 Å². The first-order valence-corrected chi connectivity index (χ1v) is 9.63. The van der Waals surface area contributed by atoms with Gasteiger partial charge in [-0.1, -0.05) is 36.9 Å². The van der Waals surface area contributed by atoms with Gasteiger partial charge in [0.2, 0.25) is 5.91 Å². The predicted molar refractivity (Wildman–Crippen MR) is 112 cm³/mol. The number of nitrogens with one attached hydrogen (secondary N) is 1. The van der Waals surface area contributed by atoms with E-state index in [1.54, 1.807) is 0 Å². The Hall–Kier alpha value is -3.08. The molecule has 0 saturated carbocycles. The maximum absolute atomic E-state index is 11.5. The summed E-state index contributed by atoms with van der Waals surface area (Å²) in [7, 11) is 0.